The Morgan fingerprint density at radius 1 is 1.33 bits per heavy atom. The van der Waals surface area contributed by atoms with Crippen LogP contribution in [0.25, 0.3) is 0 Å². The van der Waals surface area contributed by atoms with Crippen LogP contribution < -0.4 is 10.5 Å². The molecule has 21 heavy (non-hydrogen) atoms. The van der Waals surface area contributed by atoms with Crippen LogP contribution in [0.3, 0.4) is 0 Å². The Hall–Kier alpha value is -0.920. The van der Waals surface area contributed by atoms with Crippen LogP contribution in [0.4, 0.5) is 0 Å². The van der Waals surface area contributed by atoms with Crippen molar-refractivity contribution in [1.82, 2.24) is 10.1 Å². The lowest BCUT2D eigenvalue weighted by molar-refractivity contribution is 0.282. The molecule has 0 saturated heterocycles. The zero-order valence-electron chi connectivity index (χ0n) is 11.9. The van der Waals surface area contributed by atoms with Gasteiger partial charge in [-0.3, -0.25) is 0 Å². The van der Waals surface area contributed by atoms with Gasteiger partial charge in [-0.25, -0.2) is 0 Å². The Kier molecular flexibility index (Phi) is 5.78. The van der Waals surface area contributed by atoms with Crippen molar-refractivity contribution in [3.05, 3.63) is 38.4 Å². The van der Waals surface area contributed by atoms with Crippen LogP contribution in [0, 0.1) is 0 Å². The molecular formula is C14H17Br2N3O2. The summed E-state index contributed by atoms with van der Waals surface area (Å²) >= 11 is 7.04. The van der Waals surface area contributed by atoms with E-state index in [-0.39, 0.29) is 12.6 Å². The van der Waals surface area contributed by atoms with Crippen molar-refractivity contribution in [2.75, 3.05) is 0 Å². The van der Waals surface area contributed by atoms with E-state index in [9.17, 15) is 0 Å². The molecule has 0 bridgehead atoms. The number of aromatic nitrogens is 2. The van der Waals surface area contributed by atoms with Gasteiger partial charge in [-0.05, 0) is 62.9 Å². The van der Waals surface area contributed by atoms with Crippen molar-refractivity contribution in [2.24, 2.45) is 5.73 Å². The summed E-state index contributed by atoms with van der Waals surface area (Å²) in [6.45, 7) is 4.20. The van der Waals surface area contributed by atoms with Gasteiger partial charge in [0.15, 0.2) is 6.61 Å². The fourth-order valence-electron chi connectivity index (χ4n) is 1.87. The number of halogens is 2. The van der Waals surface area contributed by atoms with Gasteiger partial charge in [-0.2, -0.15) is 4.98 Å². The first-order valence-electron chi connectivity index (χ1n) is 6.67. The van der Waals surface area contributed by atoms with E-state index in [0.29, 0.717) is 23.9 Å². The average molecular weight is 419 g/mol. The summed E-state index contributed by atoms with van der Waals surface area (Å²) in [7, 11) is 0. The van der Waals surface area contributed by atoms with Gasteiger partial charge in [-0.1, -0.05) is 12.1 Å². The highest BCUT2D eigenvalue weighted by Crippen LogP contribution is 2.35. The van der Waals surface area contributed by atoms with Crippen LogP contribution in [-0.4, -0.2) is 16.2 Å². The minimum Gasteiger partial charge on any atom is -0.483 e. The van der Waals surface area contributed by atoms with Crippen molar-refractivity contribution in [3.63, 3.8) is 0 Å². The van der Waals surface area contributed by atoms with Crippen molar-refractivity contribution in [2.45, 2.75) is 39.3 Å². The highest BCUT2D eigenvalue weighted by atomic mass is 79.9. The van der Waals surface area contributed by atoms with Crippen LogP contribution in [-0.2, 0) is 19.4 Å². The first kappa shape index (κ1) is 16.5. The van der Waals surface area contributed by atoms with Gasteiger partial charge in [0.1, 0.15) is 5.75 Å². The minimum atomic E-state index is 0.113. The molecule has 2 N–H and O–H groups in total. The maximum Gasteiger partial charge on any atom is 0.226 e. The number of rotatable bonds is 6. The van der Waals surface area contributed by atoms with Crippen molar-refractivity contribution in [3.8, 4) is 5.75 Å². The minimum absolute atomic E-state index is 0.113. The van der Waals surface area contributed by atoms with Gasteiger partial charge in [0, 0.05) is 12.5 Å². The third-order valence-electron chi connectivity index (χ3n) is 2.77. The lowest BCUT2D eigenvalue weighted by Gasteiger charge is -2.12. The second-order valence-electron chi connectivity index (χ2n) is 4.82. The normalized spacial score (nSPS) is 12.4. The van der Waals surface area contributed by atoms with Crippen molar-refractivity contribution < 1.29 is 9.26 Å². The summed E-state index contributed by atoms with van der Waals surface area (Å²) in [4.78, 5) is 4.21. The molecule has 1 unspecified atom stereocenters. The van der Waals surface area contributed by atoms with E-state index in [1.807, 2.05) is 26.0 Å². The maximum absolute atomic E-state index is 5.82. The molecule has 7 heteroatoms. The fraction of sp³-hybridized carbons (Fsp3) is 0.429. The summed E-state index contributed by atoms with van der Waals surface area (Å²) < 4.78 is 12.5. The van der Waals surface area contributed by atoms with E-state index in [4.69, 9.17) is 15.0 Å². The predicted octanol–water partition coefficient (Wildman–Crippen LogP) is 3.63. The van der Waals surface area contributed by atoms with Gasteiger partial charge in [-0.15, -0.1) is 0 Å². The first-order valence-corrected chi connectivity index (χ1v) is 8.26. The monoisotopic (exact) mass is 417 g/mol. The van der Waals surface area contributed by atoms with Gasteiger partial charge >= 0.3 is 0 Å². The number of ether oxygens (including phenoxy) is 1. The summed E-state index contributed by atoms with van der Waals surface area (Å²) in [5.41, 5.74) is 6.97. The third kappa shape index (κ3) is 4.52. The molecule has 0 spiro atoms. The van der Waals surface area contributed by atoms with Crippen LogP contribution in [0.15, 0.2) is 25.6 Å². The van der Waals surface area contributed by atoms with Gasteiger partial charge in [0.25, 0.3) is 0 Å². The van der Waals surface area contributed by atoms with E-state index < -0.39 is 0 Å². The standard InChI is InChI=1S/C14H17Br2N3O2/c1-3-13-18-12(19-21-13)7-20-14-10(15)5-9(4-8(2)17)6-11(14)16/h5-6,8H,3-4,7,17H2,1-2H3. The number of nitrogens with two attached hydrogens (primary N) is 1. The molecule has 0 aliphatic carbocycles. The summed E-state index contributed by atoms with van der Waals surface area (Å²) in [6.07, 6.45) is 1.52. The van der Waals surface area contributed by atoms with Gasteiger partial charge < -0.3 is 15.0 Å². The topological polar surface area (TPSA) is 74.2 Å². The number of aryl methyl sites for hydroxylation is 1. The van der Waals surface area contributed by atoms with E-state index in [1.54, 1.807) is 0 Å². The predicted molar refractivity (Wildman–Crippen MR) is 87.2 cm³/mol. The van der Waals surface area contributed by atoms with Crippen molar-refractivity contribution >= 4 is 31.9 Å². The summed E-state index contributed by atoms with van der Waals surface area (Å²) in [5.74, 6) is 1.86. The molecule has 1 aromatic carbocycles. The molecule has 1 aromatic heterocycles. The third-order valence-corrected chi connectivity index (χ3v) is 3.95. The van der Waals surface area contributed by atoms with Crippen LogP contribution >= 0.6 is 31.9 Å². The Balaban J connectivity index is 2.09. The summed E-state index contributed by atoms with van der Waals surface area (Å²) in [6, 6.07) is 4.14. The SMILES string of the molecule is CCc1nc(COc2c(Br)cc(CC(C)N)cc2Br)no1. The lowest BCUT2D eigenvalue weighted by Crippen LogP contribution is -2.17. The zero-order chi connectivity index (χ0) is 15.4. The zero-order valence-corrected chi connectivity index (χ0v) is 15.1. The molecule has 114 valence electrons. The molecular weight excluding hydrogens is 402 g/mol. The largest absolute Gasteiger partial charge is 0.483 e. The molecule has 0 aliphatic heterocycles. The van der Waals surface area contributed by atoms with E-state index >= 15 is 0 Å². The molecule has 1 heterocycles. The number of nitrogens with zero attached hydrogens (tertiary/aromatic N) is 2. The second-order valence-corrected chi connectivity index (χ2v) is 6.53. The number of benzene rings is 1. The smallest absolute Gasteiger partial charge is 0.226 e. The molecule has 0 amide bonds. The number of hydrogen-bond acceptors (Lipinski definition) is 5. The highest BCUT2D eigenvalue weighted by molar-refractivity contribution is 9.11. The quantitative estimate of drug-likeness (QED) is 0.775. The molecule has 2 rings (SSSR count). The Morgan fingerprint density at radius 3 is 2.52 bits per heavy atom. The van der Waals surface area contributed by atoms with Crippen molar-refractivity contribution in [1.29, 1.82) is 0 Å². The lowest BCUT2D eigenvalue weighted by atomic mass is 10.1. The average Bonchev–Trinajstić information content (AvgIpc) is 2.85. The molecule has 0 radical (unpaired) electrons. The van der Waals surface area contributed by atoms with Crippen LogP contribution in [0.1, 0.15) is 31.1 Å². The van der Waals surface area contributed by atoms with E-state index in [0.717, 1.165) is 20.9 Å². The molecule has 2 aromatic rings. The molecule has 5 nitrogen and oxygen atoms in total. The molecule has 0 aliphatic rings. The first-order chi connectivity index (χ1) is 9.99. The number of hydrogen-bond donors (Lipinski definition) is 1. The Bertz CT molecular complexity index is 591. The van der Waals surface area contributed by atoms with Crippen LogP contribution in [0.5, 0.6) is 5.75 Å². The maximum atomic E-state index is 5.82. The van der Waals surface area contributed by atoms with Crippen LogP contribution in [0.2, 0.25) is 0 Å². The molecule has 0 fully saturated rings. The molecule has 0 saturated carbocycles. The highest BCUT2D eigenvalue weighted by Gasteiger charge is 2.12. The second kappa shape index (κ2) is 7.38. The fourth-order valence-corrected chi connectivity index (χ4v) is 3.38. The summed E-state index contributed by atoms with van der Waals surface area (Å²) in [5, 5.41) is 3.86. The van der Waals surface area contributed by atoms with E-state index in [2.05, 4.69) is 42.0 Å². The van der Waals surface area contributed by atoms with Gasteiger partial charge in [0.2, 0.25) is 11.7 Å². The van der Waals surface area contributed by atoms with E-state index in [1.165, 1.54) is 0 Å². The van der Waals surface area contributed by atoms with Gasteiger partial charge in [0.05, 0.1) is 8.95 Å². The molecule has 1 atom stereocenters. The Morgan fingerprint density at radius 2 is 2.00 bits per heavy atom. The Labute approximate surface area is 140 Å².